The van der Waals surface area contributed by atoms with Crippen LogP contribution >= 0.6 is 0 Å². The van der Waals surface area contributed by atoms with Gasteiger partial charge in [0, 0.05) is 29.2 Å². The van der Waals surface area contributed by atoms with Crippen LogP contribution in [0.5, 0.6) is 0 Å². The van der Waals surface area contributed by atoms with Gasteiger partial charge in [0.05, 0.1) is 16.0 Å². The molecule has 160 valence electrons. The van der Waals surface area contributed by atoms with Crippen molar-refractivity contribution in [3.05, 3.63) is 82.2 Å². The van der Waals surface area contributed by atoms with Crippen LogP contribution in [0.4, 0.5) is 5.69 Å². The van der Waals surface area contributed by atoms with Crippen molar-refractivity contribution in [3.63, 3.8) is 0 Å². The summed E-state index contributed by atoms with van der Waals surface area (Å²) in [5, 5.41) is 8.03. The highest BCUT2D eigenvalue weighted by Gasteiger charge is 2.25. The zero-order valence-corrected chi connectivity index (χ0v) is 17.8. The zero-order chi connectivity index (χ0) is 22.3. The van der Waals surface area contributed by atoms with Gasteiger partial charge in [0.1, 0.15) is 6.61 Å². The number of sulfonamides is 1. The van der Waals surface area contributed by atoms with Crippen molar-refractivity contribution in [3.8, 4) is 0 Å². The maximum absolute atomic E-state index is 13.0. The fourth-order valence-corrected chi connectivity index (χ4v) is 4.21. The maximum Gasteiger partial charge on any atom is 0.338 e. The number of aromatic nitrogens is 1. The number of nitrogens with two attached hydrogens (primary N) is 1. The Bertz CT molecular complexity index is 1310. The van der Waals surface area contributed by atoms with E-state index in [1.807, 2.05) is 18.4 Å². The van der Waals surface area contributed by atoms with E-state index in [9.17, 15) is 18.0 Å². The normalized spacial score (nSPS) is 13.1. The van der Waals surface area contributed by atoms with Gasteiger partial charge in [-0.3, -0.25) is 4.79 Å². The van der Waals surface area contributed by atoms with Crippen molar-refractivity contribution in [2.24, 2.45) is 5.14 Å². The lowest BCUT2D eigenvalue weighted by Crippen LogP contribution is -2.15. The number of fused-ring (bicyclic) bond motifs is 1. The number of hydrogen-bond acceptors (Lipinski definition) is 5. The molecular weight excluding hydrogens is 418 g/mol. The van der Waals surface area contributed by atoms with Crippen LogP contribution < -0.4 is 10.5 Å². The summed E-state index contributed by atoms with van der Waals surface area (Å²) in [7, 11) is -3.74. The molecule has 1 aliphatic rings. The molecule has 1 amide bonds. The van der Waals surface area contributed by atoms with E-state index in [4.69, 9.17) is 9.88 Å². The number of aryl methyl sites for hydroxylation is 1. The van der Waals surface area contributed by atoms with E-state index in [1.165, 1.54) is 12.1 Å². The minimum atomic E-state index is -3.74. The van der Waals surface area contributed by atoms with Crippen molar-refractivity contribution in [1.82, 2.24) is 4.57 Å². The number of amides is 1. The van der Waals surface area contributed by atoms with Crippen molar-refractivity contribution in [2.45, 2.75) is 31.9 Å². The van der Waals surface area contributed by atoms with Gasteiger partial charge >= 0.3 is 5.97 Å². The van der Waals surface area contributed by atoms with Crippen molar-refractivity contribution in [1.29, 1.82) is 0 Å². The first-order chi connectivity index (χ1) is 14.6. The van der Waals surface area contributed by atoms with Gasteiger partial charge in [0.2, 0.25) is 10.0 Å². The Morgan fingerprint density at radius 3 is 2.55 bits per heavy atom. The summed E-state index contributed by atoms with van der Waals surface area (Å²) in [6.07, 6.45) is 0. The standard InChI is InChI=1S/C22H21N3O5S/c1-13-10-18(21(26)24-20-5-3-4-17-19(20)12-30-22(17)27)14(2)25(13)11-15-6-8-16(9-7-15)31(23,28)29/h3-10H,11-12H2,1-2H3,(H,24,26)(H2,23,28,29). The fraction of sp³-hybridized carbons (Fsp3) is 0.182. The van der Waals surface area contributed by atoms with E-state index < -0.39 is 16.0 Å². The summed E-state index contributed by atoms with van der Waals surface area (Å²) in [5.41, 5.74) is 4.73. The lowest BCUT2D eigenvalue weighted by atomic mass is 10.1. The number of nitrogens with one attached hydrogen (secondary N) is 1. The summed E-state index contributed by atoms with van der Waals surface area (Å²) in [4.78, 5) is 24.8. The highest BCUT2D eigenvalue weighted by atomic mass is 32.2. The molecule has 8 nitrogen and oxygen atoms in total. The van der Waals surface area contributed by atoms with E-state index >= 15 is 0 Å². The SMILES string of the molecule is Cc1cc(C(=O)Nc2cccc3c2COC3=O)c(C)n1Cc1ccc(S(N)(=O)=O)cc1. The summed E-state index contributed by atoms with van der Waals surface area (Å²) in [6.45, 7) is 4.36. The fourth-order valence-electron chi connectivity index (χ4n) is 3.70. The first-order valence-corrected chi connectivity index (χ1v) is 11.1. The van der Waals surface area contributed by atoms with Crippen LogP contribution in [0.3, 0.4) is 0 Å². The van der Waals surface area contributed by atoms with E-state index in [2.05, 4.69) is 5.32 Å². The van der Waals surface area contributed by atoms with Gasteiger partial charge in [-0.15, -0.1) is 0 Å². The van der Waals surface area contributed by atoms with Gasteiger partial charge in [0.25, 0.3) is 5.91 Å². The molecule has 0 atom stereocenters. The van der Waals surface area contributed by atoms with Crippen LogP contribution in [-0.2, 0) is 27.9 Å². The quantitative estimate of drug-likeness (QED) is 0.592. The van der Waals surface area contributed by atoms with E-state index in [1.54, 1.807) is 36.4 Å². The molecule has 0 unspecified atom stereocenters. The number of esters is 1. The molecule has 3 aromatic rings. The maximum atomic E-state index is 13.0. The Hall–Kier alpha value is -3.43. The molecule has 9 heteroatoms. The van der Waals surface area contributed by atoms with Crippen LogP contribution in [0.2, 0.25) is 0 Å². The minimum Gasteiger partial charge on any atom is -0.457 e. The Balaban J connectivity index is 1.57. The van der Waals surface area contributed by atoms with Crippen LogP contribution in [-0.4, -0.2) is 24.9 Å². The third-order valence-electron chi connectivity index (χ3n) is 5.40. The number of cyclic esters (lactones) is 1. The molecule has 1 aliphatic heterocycles. The summed E-state index contributed by atoms with van der Waals surface area (Å²) in [5.74, 6) is -0.672. The third-order valence-corrected chi connectivity index (χ3v) is 6.33. The van der Waals surface area contributed by atoms with Crippen LogP contribution in [0.1, 0.15) is 43.2 Å². The second-order valence-corrected chi connectivity index (χ2v) is 8.98. The molecule has 1 aromatic heterocycles. The number of anilines is 1. The van der Waals surface area contributed by atoms with Crippen LogP contribution in [0, 0.1) is 13.8 Å². The van der Waals surface area contributed by atoms with Gasteiger partial charge < -0.3 is 14.6 Å². The number of primary sulfonamides is 1. The molecule has 3 N–H and O–H groups in total. The van der Waals surface area contributed by atoms with E-state index in [-0.39, 0.29) is 17.4 Å². The topological polar surface area (TPSA) is 120 Å². The molecule has 0 saturated carbocycles. The first-order valence-electron chi connectivity index (χ1n) is 9.54. The predicted octanol–water partition coefficient (Wildman–Crippen LogP) is 2.72. The molecule has 0 spiro atoms. The number of nitrogens with zero attached hydrogens (tertiary/aromatic N) is 1. The molecular formula is C22H21N3O5S. The molecule has 0 fully saturated rings. The molecule has 4 rings (SSSR count). The predicted molar refractivity (Wildman–Crippen MR) is 114 cm³/mol. The van der Waals surface area contributed by atoms with Gasteiger partial charge in [-0.1, -0.05) is 18.2 Å². The number of hydrogen-bond donors (Lipinski definition) is 2. The molecule has 2 heterocycles. The van der Waals surface area contributed by atoms with E-state index in [0.29, 0.717) is 28.9 Å². The monoisotopic (exact) mass is 439 g/mol. The molecule has 0 saturated heterocycles. The van der Waals surface area contributed by atoms with Crippen molar-refractivity contribution < 1.29 is 22.7 Å². The smallest absolute Gasteiger partial charge is 0.338 e. The third kappa shape index (κ3) is 3.97. The van der Waals surface area contributed by atoms with Crippen molar-refractivity contribution >= 4 is 27.6 Å². The van der Waals surface area contributed by atoms with Gasteiger partial charge in [0.15, 0.2) is 0 Å². The highest BCUT2D eigenvalue weighted by Crippen LogP contribution is 2.28. The van der Waals surface area contributed by atoms with Crippen LogP contribution in [0.25, 0.3) is 0 Å². The first kappa shape index (κ1) is 20.8. The average molecular weight is 439 g/mol. The highest BCUT2D eigenvalue weighted by molar-refractivity contribution is 7.89. The number of carbonyl (C=O) groups is 2. The Labute approximate surface area is 179 Å². The van der Waals surface area contributed by atoms with Crippen molar-refractivity contribution in [2.75, 3.05) is 5.32 Å². The Morgan fingerprint density at radius 2 is 1.87 bits per heavy atom. The molecule has 31 heavy (non-hydrogen) atoms. The van der Waals surface area contributed by atoms with E-state index in [0.717, 1.165) is 17.0 Å². The Kier molecular flexibility index (Phi) is 5.16. The lowest BCUT2D eigenvalue weighted by Gasteiger charge is -2.11. The number of rotatable bonds is 5. The van der Waals surface area contributed by atoms with Gasteiger partial charge in [-0.05, 0) is 49.7 Å². The second kappa shape index (κ2) is 7.68. The number of carbonyl (C=O) groups excluding carboxylic acids is 2. The van der Waals surface area contributed by atoms with Gasteiger partial charge in [-0.2, -0.15) is 0 Å². The largest absolute Gasteiger partial charge is 0.457 e. The van der Waals surface area contributed by atoms with Crippen LogP contribution in [0.15, 0.2) is 53.4 Å². The number of ether oxygens (including phenoxy) is 1. The molecule has 0 bridgehead atoms. The Morgan fingerprint density at radius 1 is 1.16 bits per heavy atom. The molecule has 2 aromatic carbocycles. The summed E-state index contributed by atoms with van der Waals surface area (Å²) < 4.78 is 29.9. The second-order valence-electron chi connectivity index (χ2n) is 7.42. The minimum absolute atomic E-state index is 0.0510. The average Bonchev–Trinajstić information content (AvgIpc) is 3.23. The molecule has 0 aliphatic carbocycles. The van der Waals surface area contributed by atoms with Gasteiger partial charge in [-0.25, -0.2) is 18.4 Å². The molecule has 0 radical (unpaired) electrons. The zero-order valence-electron chi connectivity index (χ0n) is 17.0. The lowest BCUT2D eigenvalue weighted by molar-refractivity contribution is 0.0535. The summed E-state index contributed by atoms with van der Waals surface area (Å²) >= 11 is 0. The number of benzene rings is 2. The summed E-state index contributed by atoms with van der Waals surface area (Å²) in [6, 6.07) is 13.2.